The molecule has 0 atom stereocenters. The zero-order chi connectivity index (χ0) is 21.8. The van der Waals surface area contributed by atoms with Crippen LogP contribution in [-0.4, -0.2) is 30.8 Å². The van der Waals surface area contributed by atoms with Gasteiger partial charge in [0.15, 0.2) is 0 Å². The van der Waals surface area contributed by atoms with Crippen molar-refractivity contribution in [2.75, 3.05) is 0 Å². The number of rotatable bonds is 8. The molecule has 0 radical (unpaired) electrons. The van der Waals surface area contributed by atoms with Crippen LogP contribution in [0.5, 0.6) is 0 Å². The molecule has 2 aromatic carbocycles. The summed E-state index contributed by atoms with van der Waals surface area (Å²) in [5.41, 5.74) is 4.19. The molecule has 2 aromatic heterocycles. The van der Waals surface area contributed by atoms with Crippen molar-refractivity contribution < 1.29 is 9.90 Å². The quantitative estimate of drug-likeness (QED) is 0.292. The zero-order valence-electron chi connectivity index (χ0n) is 17.5. The number of carbonyl (C=O) groups is 1. The van der Waals surface area contributed by atoms with Crippen molar-refractivity contribution in [1.29, 1.82) is 0 Å². The van der Waals surface area contributed by atoms with Gasteiger partial charge in [0.05, 0.1) is 0 Å². The first-order chi connectivity index (χ1) is 15.1. The molecule has 0 fully saturated rings. The van der Waals surface area contributed by atoms with Crippen LogP contribution in [0.4, 0.5) is 0 Å². The number of aromatic nitrogens is 4. The van der Waals surface area contributed by atoms with E-state index in [2.05, 4.69) is 44.9 Å². The van der Waals surface area contributed by atoms with E-state index in [9.17, 15) is 9.90 Å². The van der Waals surface area contributed by atoms with Gasteiger partial charge in [0.1, 0.15) is 10.7 Å². The second-order valence-corrected chi connectivity index (χ2v) is 8.33. The summed E-state index contributed by atoms with van der Waals surface area (Å²) in [7, 11) is 0. The molecule has 0 saturated heterocycles. The van der Waals surface area contributed by atoms with E-state index in [0.717, 1.165) is 59.1 Å². The number of fused-ring (bicyclic) bond motifs is 1. The van der Waals surface area contributed by atoms with E-state index in [0.29, 0.717) is 5.16 Å². The molecule has 0 aliphatic carbocycles. The lowest BCUT2D eigenvalue weighted by Crippen LogP contribution is -2.02. The standard InChI is InChI=1S/C24H24N4O2S/c1-3-9-22-25-24(27-26-22)31-21(23(29)30)14-19-16(2)28(15-17-10-5-4-6-11-17)20-13-8-7-12-18(19)20/h4-8,10-14H,3,9,15H2,1-2H3,(H,29,30)(H,25,26,27)/b21-14-. The molecule has 2 N–H and O–H groups in total. The van der Waals surface area contributed by atoms with Crippen LogP contribution in [-0.2, 0) is 17.8 Å². The molecule has 7 heteroatoms. The lowest BCUT2D eigenvalue weighted by molar-refractivity contribution is -0.131. The Bertz CT molecular complexity index is 1240. The van der Waals surface area contributed by atoms with Gasteiger partial charge >= 0.3 is 5.97 Å². The first kappa shape index (κ1) is 20.9. The smallest absolute Gasteiger partial charge is 0.342 e. The van der Waals surface area contributed by atoms with Crippen LogP contribution in [0.3, 0.4) is 0 Å². The van der Waals surface area contributed by atoms with Gasteiger partial charge < -0.3 is 9.67 Å². The van der Waals surface area contributed by atoms with E-state index in [1.807, 2.05) is 43.3 Å². The summed E-state index contributed by atoms with van der Waals surface area (Å²) >= 11 is 1.07. The van der Waals surface area contributed by atoms with Crippen LogP contribution < -0.4 is 0 Å². The van der Waals surface area contributed by atoms with Crippen molar-refractivity contribution in [3.63, 3.8) is 0 Å². The molecule has 0 saturated carbocycles. The maximum atomic E-state index is 12.0. The molecule has 31 heavy (non-hydrogen) atoms. The van der Waals surface area contributed by atoms with Gasteiger partial charge in [-0.05, 0) is 42.8 Å². The summed E-state index contributed by atoms with van der Waals surface area (Å²) in [5, 5.41) is 18.3. The van der Waals surface area contributed by atoms with Crippen molar-refractivity contribution in [3.8, 4) is 0 Å². The lowest BCUT2D eigenvalue weighted by Gasteiger charge is -2.08. The second-order valence-electron chi connectivity index (χ2n) is 7.32. The first-order valence-electron chi connectivity index (χ1n) is 10.2. The van der Waals surface area contributed by atoms with E-state index >= 15 is 0 Å². The largest absolute Gasteiger partial charge is 0.477 e. The summed E-state index contributed by atoms with van der Waals surface area (Å²) < 4.78 is 2.23. The number of carboxylic acids is 1. The molecular formula is C24H24N4O2S. The van der Waals surface area contributed by atoms with E-state index in [1.165, 1.54) is 5.56 Å². The van der Waals surface area contributed by atoms with Crippen molar-refractivity contribution in [2.24, 2.45) is 0 Å². The number of aryl methyl sites for hydroxylation is 1. The number of benzene rings is 2. The molecule has 6 nitrogen and oxygen atoms in total. The number of aliphatic carboxylic acids is 1. The number of aromatic amines is 1. The minimum atomic E-state index is -0.994. The summed E-state index contributed by atoms with van der Waals surface area (Å²) in [6.45, 7) is 4.81. The average Bonchev–Trinajstić information content (AvgIpc) is 3.32. The van der Waals surface area contributed by atoms with Gasteiger partial charge in [-0.25, -0.2) is 9.78 Å². The Kier molecular flexibility index (Phi) is 6.23. The number of hydrogen-bond acceptors (Lipinski definition) is 4. The molecule has 0 aliphatic rings. The minimum absolute atomic E-state index is 0.188. The van der Waals surface area contributed by atoms with Crippen LogP contribution in [0.15, 0.2) is 64.7 Å². The van der Waals surface area contributed by atoms with Crippen LogP contribution >= 0.6 is 11.8 Å². The molecular weight excluding hydrogens is 408 g/mol. The molecule has 4 rings (SSSR count). The zero-order valence-corrected chi connectivity index (χ0v) is 18.3. The predicted molar refractivity (Wildman–Crippen MR) is 124 cm³/mol. The maximum absolute atomic E-state index is 12.0. The molecule has 0 spiro atoms. The fraction of sp³-hybridized carbons (Fsp3) is 0.208. The van der Waals surface area contributed by atoms with Gasteiger partial charge in [0.25, 0.3) is 0 Å². The molecule has 4 aromatic rings. The number of nitrogens with zero attached hydrogens (tertiary/aromatic N) is 3. The van der Waals surface area contributed by atoms with Crippen molar-refractivity contribution in [2.45, 2.75) is 38.4 Å². The number of H-pyrrole nitrogens is 1. The first-order valence-corrected chi connectivity index (χ1v) is 11.0. The highest BCUT2D eigenvalue weighted by atomic mass is 32.2. The molecule has 0 amide bonds. The molecule has 2 heterocycles. The van der Waals surface area contributed by atoms with Gasteiger partial charge in [-0.1, -0.05) is 55.5 Å². The Hall–Kier alpha value is -3.32. The minimum Gasteiger partial charge on any atom is -0.477 e. The predicted octanol–water partition coefficient (Wildman–Crippen LogP) is 5.29. The van der Waals surface area contributed by atoms with E-state index < -0.39 is 5.97 Å². The molecule has 158 valence electrons. The number of nitrogens with one attached hydrogen (secondary N) is 1. The summed E-state index contributed by atoms with van der Waals surface area (Å²) in [6.07, 6.45) is 3.47. The third kappa shape index (κ3) is 4.56. The fourth-order valence-electron chi connectivity index (χ4n) is 3.65. The summed E-state index contributed by atoms with van der Waals surface area (Å²) in [4.78, 5) is 16.6. The molecule has 0 unspecified atom stereocenters. The summed E-state index contributed by atoms with van der Waals surface area (Å²) in [5.74, 6) is -0.225. The Balaban J connectivity index is 1.75. The second kappa shape index (κ2) is 9.22. The van der Waals surface area contributed by atoms with Crippen molar-refractivity contribution in [3.05, 3.63) is 82.1 Å². The number of para-hydroxylation sites is 1. The van der Waals surface area contributed by atoms with Gasteiger partial charge in [-0.2, -0.15) is 0 Å². The number of thioether (sulfide) groups is 1. The van der Waals surface area contributed by atoms with Crippen molar-refractivity contribution in [1.82, 2.24) is 19.7 Å². The Morgan fingerprint density at radius 1 is 1.16 bits per heavy atom. The van der Waals surface area contributed by atoms with Crippen LogP contribution in [0.25, 0.3) is 17.0 Å². The highest BCUT2D eigenvalue weighted by Gasteiger charge is 2.18. The van der Waals surface area contributed by atoms with Gasteiger partial charge in [-0.15, -0.1) is 5.10 Å². The summed E-state index contributed by atoms with van der Waals surface area (Å²) in [6, 6.07) is 18.3. The fourth-order valence-corrected chi connectivity index (χ4v) is 4.35. The maximum Gasteiger partial charge on any atom is 0.342 e. The van der Waals surface area contributed by atoms with E-state index in [4.69, 9.17) is 0 Å². The number of hydrogen-bond donors (Lipinski definition) is 2. The normalized spacial score (nSPS) is 11.9. The van der Waals surface area contributed by atoms with Gasteiger partial charge in [0, 0.05) is 35.1 Å². The van der Waals surface area contributed by atoms with E-state index in [1.54, 1.807) is 6.08 Å². The third-order valence-corrected chi connectivity index (χ3v) is 6.03. The SMILES string of the molecule is CCCc1nc(S/C(=C\c2c(C)n(Cc3ccccc3)c3ccccc23)C(=O)O)n[nH]1. The van der Waals surface area contributed by atoms with Crippen molar-refractivity contribution >= 4 is 34.7 Å². The highest BCUT2D eigenvalue weighted by molar-refractivity contribution is 8.04. The third-order valence-electron chi connectivity index (χ3n) is 5.15. The Morgan fingerprint density at radius 2 is 1.90 bits per heavy atom. The van der Waals surface area contributed by atoms with E-state index in [-0.39, 0.29) is 4.91 Å². The Morgan fingerprint density at radius 3 is 2.65 bits per heavy atom. The number of carboxylic acid groups (broad SMARTS) is 1. The van der Waals surface area contributed by atoms with Crippen LogP contribution in [0.1, 0.15) is 36.0 Å². The van der Waals surface area contributed by atoms with Gasteiger partial charge in [-0.3, -0.25) is 5.10 Å². The lowest BCUT2D eigenvalue weighted by atomic mass is 10.1. The van der Waals surface area contributed by atoms with Crippen LogP contribution in [0, 0.1) is 6.92 Å². The topological polar surface area (TPSA) is 83.8 Å². The molecule has 0 aliphatic heterocycles. The average molecular weight is 433 g/mol. The molecule has 0 bridgehead atoms. The monoisotopic (exact) mass is 432 g/mol. The van der Waals surface area contributed by atoms with Crippen LogP contribution in [0.2, 0.25) is 0 Å². The van der Waals surface area contributed by atoms with Gasteiger partial charge in [0.2, 0.25) is 5.16 Å². The Labute approximate surface area is 185 Å². The highest BCUT2D eigenvalue weighted by Crippen LogP contribution is 2.32.